The first-order chi connectivity index (χ1) is 14.0. The van der Waals surface area contributed by atoms with Crippen molar-refractivity contribution in [3.8, 4) is 0 Å². The van der Waals surface area contributed by atoms with Gasteiger partial charge in [-0.05, 0) is 56.3 Å². The van der Waals surface area contributed by atoms with E-state index in [0.717, 1.165) is 18.8 Å². The average Bonchev–Trinajstić information content (AvgIpc) is 3.21. The summed E-state index contributed by atoms with van der Waals surface area (Å²) >= 11 is 0. The van der Waals surface area contributed by atoms with Crippen molar-refractivity contribution in [2.24, 2.45) is 0 Å². The van der Waals surface area contributed by atoms with Crippen LogP contribution in [0.1, 0.15) is 56.3 Å². The number of ether oxygens (including phenoxy) is 2. The van der Waals surface area contributed by atoms with E-state index in [1.165, 1.54) is 51.7 Å². The molecule has 154 valence electrons. The summed E-state index contributed by atoms with van der Waals surface area (Å²) in [5.74, 6) is -0.871. The van der Waals surface area contributed by atoms with Crippen molar-refractivity contribution >= 4 is 23.5 Å². The molecular weight excluding hydrogens is 376 g/mol. The molecule has 1 aromatic heterocycles. The number of carbonyl (C=O) groups is 3. The van der Waals surface area contributed by atoms with Crippen LogP contribution in [-0.4, -0.2) is 50.1 Å². The highest BCUT2D eigenvalue weighted by atomic mass is 16.5. The third-order valence-electron chi connectivity index (χ3n) is 4.75. The lowest BCUT2D eigenvalue weighted by Gasteiger charge is -2.25. The van der Waals surface area contributed by atoms with Gasteiger partial charge < -0.3 is 19.2 Å². The number of anilines is 1. The van der Waals surface area contributed by atoms with Crippen LogP contribution in [0.4, 0.5) is 5.69 Å². The minimum absolute atomic E-state index is 0.121. The number of nitrogens with one attached hydrogen (secondary N) is 1. The highest BCUT2D eigenvalue weighted by Gasteiger charge is 2.18. The topological polar surface area (TPSA) is 98.1 Å². The molecule has 1 amide bonds. The van der Waals surface area contributed by atoms with Gasteiger partial charge in [0.1, 0.15) is 5.76 Å². The van der Waals surface area contributed by atoms with E-state index in [2.05, 4.69) is 10.2 Å². The minimum Gasteiger partial charge on any atom is -0.465 e. The van der Waals surface area contributed by atoms with Crippen LogP contribution in [0.5, 0.6) is 0 Å². The predicted octanol–water partition coefficient (Wildman–Crippen LogP) is 3.09. The van der Waals surface area contributed by atoms with Gasteiger partial charge in [-0.2, -0.15) is 0 Å². The van der Waals surface area contributed by atoms with E-state index >= 15 is 0 Å². The van der Waals surface area contributed by atoms with Crippen LogP contribution in [-0.2, 0) is 16.0 Å². The van der Waals surface area contributed by atoms with Crippen molar-refractivity contribution in [2.75, 3.05) is 32.6 Å². The number of likely N-dealkylation sites (tertiary alicyclic amines) is 1. The normalized spacial score (nSPS) is 14.3. The van der Waals surface area contributed by atoms with Gasteiger partial charge in [0.2, 0.25) is 0 Å². The van der Waals surface area contributed by atoms with E-state index < -0.39 is 17.8 Å². The van der Waals surface area contributed by atoms with Crippen molar-refractivity contribution in [3.63, 3.8) is 0 Å². The number of amides is 1. The molecule has 0 saturated carbocycles. The van der Waals surface area contributed by atoms with Gasteiger partial charge in [0, 0.05) is 5.69 Å². The molecule has 8 nitrogen and oxygen atoms in total. The van der Waals surface area contributed by atoms with E-state index in [1.807, 2.05) is 0 Å². The summed E-state index contributed by atoms with van der Waals surface area (Å²) in [7, 11) is 2.47. The number of hydrogen-bond acceptors (Lipinski definition) is 7. The Bertz CT molecular complexity index is 864. The first-order valence-electron chi connectivity index (χ1n) is 9.44. The minimum atomic E-state index is -0.631. The molecule has 29 heavy (non-hydrogen) atoms. The fourth-order valence-corrected chi connectivity index (χ4v) is 3.29. The van der Waals surface area contributed by atoms with Crippen LogP contribution in [0, 0.1) is 0 Å². The van der Waals surface area contributed by atoms with Crippen LogP contribution < -0.4 is 5.32 Å². The van der Waals surface area contributed by atoms with Crippen molar-refractivity contribution in [1.82, 2.24) is 4.90 Å². The molecule has 2 heterocycles. The molecule has 0 spiro atoms. The second-order valence-electron chi connectivity index (χ2n) is 6.84. The zero-order valence-electron chi connectivity index (χ0n) is 16.5. The number of benzene rings is 1. The van der Waals surface area contributed by atoms with Gasteiger partial charge in [0.25, 0.3) is 5.91 Å². The van der Waals surface area contributed by atoms with Gasteiger partial charge in [-0.25, -0.2) is 9.59 Å². The maximum atomic E-state index is 12.6. The molecule has 0 bridgehead atoms. The Balaban J connectivity index is 1.74. The lowest BCUT2D eigenvalue weighted by molar-refractivity contribution is 0.0599. The molecule has 0 radical (unpaired) electrons. The molecule has 3 rings (SSSR count). The predicted molar refractivity (Wildman–Crippen MR) is 105 cm³/mol. The lowest BCUT2D eigenvalue weighted by atomic mass is 10.1. The van der Waals surface area contributed by atoms with Crippen molar-refractivity contribution in [3.05, 3.63) is 53.0 Å². The van der Waals surface area contributed by atoms with E-state index in [9.17, 15) is 14.4 Å². The standard InChI is InChI=1S/C21H24N2O6/c1-27-20(25)14-10-15(21(26)28-2)12-16(11-14)22-19(24)18-7-6-17(29-18)13-23-8-4-3-5-9-23/h6-7,10-12H,3-5,8-9,13H2,1-2H3,(H,22,24). The summed E-state index contributed by atoms with van der Waals surface area (Å²) in [6.45, 7) is 2.72. The first kappa shape index (κ1) is 20.6. The van der Waals surface area contributed by atoms with Crippen molar-refractivity contribution < 1.29 is 28.3 Å². The van der Waals surface area contributed by atoms with Crippen LogP contribution in [0.25, 0.3) is 0 Å². The third-order valence-corrected chi connectivity index (χ3v) is 4.75. The monoisotopic (exact) mass is 400 g/mol. The number of carbonyl (C=O) groups excluding carboxylic acids is 3. The Morgan fingerprint density at radius 1 is 0.966 bits per heavy atom. The molecule has 0 atom stereocenters. The van der Waals surface area contributed by atoms with Crippen molar-refractivity contribution in [2.45, 2.75) is 25.8 Å². The third kappa shape index (κ3) is 5.23. The number of hydrogen-bond donors (Lipinski definition) is 1. The van der Waals surface area contributed by atoms with E-state index in [0.29, 0.717) is 6.54 Å². The first-order valence-corrected chi connectivity index (χ1v) is 9.44. The Labute approximate surface area is 168 Å². The van der Waals surface area contributed by atoms with Gasteiger partial charge >= 0.3 is 11.9 Å². The number of furan rings is 1. The molecule has 1 saturated heterocycles. The molecule has 1 aromatic carbocycles. The summed E-state index contributed by atoms with van der Waals surface area (Å²) < 4.78 is 15.1. The molecule has 0 aliphatic carbocycles. The Kier molecular flexibility index (Phi) is 6.66. The highest BCUT2D eigenvalue weighted by molar-refractivity contribution is 6.04. The molecule has 1 fully saturated rings. The Morgan fingerprint density at radius 3 is 2.17 bits per heavy atom. The average molecular weight is 400 g/mol. The summed E-state index contributed by atoms with van der Waals surface area (Å²) in [4.78, 5) is 38.6. The number of methoxy groups -OCH3 is 2. The van der Waals surface area contributed by atoms with Gasteiger partial charge in [-0.15, -0.1) is 0 Å². The van der Waals surface area contributed by atoms with E-state index in [1.54, 1.807) is 12.1 Å². The van der Waals surface area contributed by atoms with Crippen LogP contribution in [0.15, 0.2) is 34.7 Å². The quantitative estimate of drug-likeness (QED) is 0.744. The number of nitrogens with zero attached hydrogens (tertiary/aromatic N) is 1. The fraction of sp³-hybridized carbons (Fsp3) is 0.381. The highest BCUT2D eigenvalue weighted by Crippen LogP contribution is 2.20. The Hall–Kier alpha value is -3.13. The fourth-order valence-electron chi connectivity index (χ4n) is 3.29. The van der Waals surface area contributed by atoms with Crippen LogP contribution >= 0.6 is 0 Å². The van der Waals surface area contributed by atoms with Gasteiger partial charge in [0.05, 0.1) is 31.9 Å². The van der Waals surface area contributed by atoms with E-state index in [-0.39, 0.29) is 22.6 Å². The van der Waals surface area contributed by atoms with Crippen LogP contribution in [0.3, 0.4) is 0 Å². The maximum Gasteiger partial charge on any atom is 0.337 e. The molecule has 2 aromatic rings. The van der Waals surface area contributed by atoms with Gasteiger partial charge in [-0.3, -0.25) is 9.69 Å². The summed E-state index contributed by atoms with van der Waals surface area (Å²) in [6, 6.07) is 7.59. The van der Waals surface area contributed by atoms with Gasteiger partial charge in [-0.1, -0.05) is 6.42 Å². The largest absolute Gasteiger partial charge is 0.465 e. The SMILES string of the molecule is COC(=O)c1cc(NC(=O)c2ccc(CN3CCCCC3)o2)cc(C(=O)OC)c1. The number of piperidine rings is 1. The molecule has 1 N–H and O–H groups in total. The van der Waals surface area contributed by atoms with Crippen LogP contribution in [0.2, 0.25) is 0 Å². The second kappa shape index (κ2) is 9.38. The Morgan fingerprint density at radius 2 is 1.59 bits per heavy atom. The summed E-state index contributed by atoms with van der Waals surface area (Å²) in [5.41, 5.74) is 0.499. The molecule has 1 aliphatic rings. The zero-order valence-corrected chi connectivity index (χ0v) is 16.5. The molecular formula is C21H24N2O6. The second-order valence-corrected chi connectivity index (χ2v) is 6.84. The number of esters is 2. The summed E-state index contributed by atoms with van der Waals surface area (Å²) in [6.07, 6.45) is 3.60. The molecule has 8 heteroatoms. The molecule has 0 unspecified atom stereocenters. The smallest absolute Gasteiger partial charge is 0.337 e. The summed E-state index contributed by atoms with van der Waals surface area (Å²) in [5, 5.41) is 2.65. The lowest BCUT2D eigenvalue weighted by Crippen LogP contribution is -2.28. The number of rotatable bonds is 6. The zero-order chi connectivity index (χ0) is 20.8. The molecule has 1 aliphatic heterocycles. The van der Waals surface area contributed by atoms with E-state index in [4.69, 9.17) is 13.9 Å². The van der Waals surface area contributed by atoms with Crippen molar-refractivity contribution in [1.29, 1.82) is 0 Å². The van der Waals surface area contributed by atoms with Gasteiger partial charge in [0.15, 0.2) is 5.76 Å². The maximum absolute atomic E-state index is 12.6.